The highest BCUT2D eigenvalue weighted by Crippen LogP contribution is 2.24. The van der Waals surface area contributed by atoms with E-state index in [0.29, 0.717) is 12.1 Å². The number of carbonyl (C=O) groups is 2. The Bertz CT molecular complexity index is 889. The number of likely N-dealkylation sites (N-methyl/N-ethyl adjacent to an activating group) is 1. The summed E-state index contributed by atoms with van der Waals surface area (Å²) in [6.07, 6.45) is 0.234. The molecule has 6 heteroatoms. The van der Waals surface area contributed by atoms with Crippen LogP contribution in [0.3, 0.4) is 0 Å². The first-order valence-corrected chi connectivity index (χ1v) is 10.7. The van der Waals surface area contributed by atoms with Crippen molar-refractivity contribution in [3.05, 3.63) is 59.2 Å². The largest absolute Gasteiger partial charge is 0.369 e. The van der Waals surface area contributed by atoms with Gasteiger partial charge in [-0.25, -0.2) is 0 Å². The van der Waals surface area contributed by atoms with Crippen LogP contribution in [0.1, 0.15) is 34.8 Å². The molecule has 2 amide bonds. The van der Waals surface area contributed by atoms with E-state index in [0.717, 1.165) is 49.5 Å². The van der Waals surface area contributed by atoms with Crippen molar-refractivity contribution in [3.63, 3.8) is 0 Å². The highest BCUT2D eigenvalue weighted by molar-refractivity contribution is 5.96. The molecule has 0 saturated carbocycles. The van der Waals surface area contributed by atoms with Gasteiger partial charge in [-0.2, -0.15) is 0 Å². The molecule has 1 aliphatic heterocycles. The zero-order valence-corrected chi connectivity index (χ0v) is 18.2. The van der Waals surface area contributed by atoms with Gasteiger partial charge in [0, 0.05) is 56.1 Å². The summed E-state index contributed by atoms with van der Waals surface area (Å²) in [5.41, 5.74) is 4.63. The van der Waals surface area contributed by atoms with E-state index in [1.165, 1.54) is 5.69 Å². The summed E-state index contributed by atoms with van der Waals surface area (Å²) in [5.74, 6) is -0.253. The van der Waals surface area contributed by atoms with E-state index < -0.39 is 0 Å². The van der Waals surface area contributed by atoms with Gasteiger partial charge in [-0.15, -0.1) is 0 Å². The first kappa shape index (κ1) is 21.8. The lowest BCUT2D eigenvalue weighted by Crippen LogP contribution is -2.46. The van der Waals surface area contributed by atoms with E-state index in [4.69, 9.17) is 0 Å². The summed E-state index contributed by atoms with van der Waals surface area (Å²) in [7, 11) is 0. The number of benzene rings is 2. The minimum atomic E-state index is -0.149. The molecular formula is C24H32N4O2. The summed E-state index contributed by atoms with van der Waals surface area (Å²) in [6.45, 7) is 11.7. The molecule has 0 radical (unpaired) electrons. The predicted molar refractivity (Wildman–Crippen MR) is 122 cm³/mol. The molecule has 1 fully saturated rings. The molecule has 0 aliphatic carbocycles. The van der Waals surface area contributed by atoms with Gasteiger partial charge in [0.15, 0.2) is 0 Å². The van der Waals surface area contributed by atoms with Crippen molar-refractivity contribution in [3.8, 4) is 0 Å². The lowest BCUT2D eigenvalue weighted by molar-refractivity contribution is -0.116. The third kappa shape index (κ3) is 5.60. The van der Waals surface area contributed by atoms with Crippen molar-refractivity contribution in [1.82, 2.24) is 10.2 Å². The van der Waals surface area contributed by atoms with Gasteiger partial charge in [-0.3, -0.25) is 9.59 Å². The number of aryl methyl sites for hydroxylation is 2. The van der Waals surface area contributed by atoms with Crippen molar-refractivity contribution in [1.29, 1.82) is 0 Å². The molecule has 30 heavy (non-hydrogen) atoms. The fourth-order valence-corrected chi connectivity index (χ4v) is 3.73. The van der Waals surface area contributed by atoms with Crippen LogP contribution >= 0.6 is 0 Å². The predicted octanol–water partition coefficient (Wildman–Crippen LogP) is 3.20. The Hall–Kier alpha value is -2.86. The summed E-state index contributed by atoms with van der Waals surface area (Å²) < 4.78 is 0. The second-order valence-corrected chi connectivity index (χ2v) is 7.79. The maximum absolute atomic E-state index is 12.3. The maximum Gasteiger partial charge on any atom is 0.251 e. The molecule has 2 N–H and O–H groups in total. The highest BCUT2D eigenvalue weighted by Gasteiger charge is 2.16. The fourth-order valence-electron chi connectivity index (χ4n) is 3.73. The number of piperazine rings is 1. The highest BCUT2D eigenvalue weighted by atomic mass is 16.2. The van der Waals surface area contributed by atoms with Crippen molar-refractivity contribution < 1.29 is 9.59 Å². The zero-order chi connectivity index (χ0) is 21.5. The average Bonchev–Trinajstić information content (AvgIpc) is 2.75. The van der Waals surface area contributed by atoms with Gasteiger partial charge < -0.3 is 20.4 Å². The molecule has 0 atom stereocenters. The lowest BCUT2D eigenvalue weighted by atomic mass is 10.1. The number of nitrogens with one attached hydrogen (secondary N) is 2. The zero-order valence-electron chi connectivity index (χ0n) is 18.2. The van der Waals surface area contributed by atoms with Crippen LogP contribution in [0.5, 0.6) is 0 Å². The molecule has 0 spiro atoms. The first-order chi connectivity index (χ1) is 14.5. The molecule has 0 unspecified atom stereocenters. The SMILES string of the molecule is CCN1CCN(c2ccc(NC(=O)CCNC(=O)c3ccccc3C)c(C)c2)CC1. The van der Waals surface area contributed by atoms with Gasteiger partial charge in [0.25, 0.3) is 5.91 Å². The van der Waals surface area contributed by atoms with E-state index in [1.807, 2.05) is 38.1 Å². The molecule has 1 aliphatic rings. The lowest BCUT2D eigenvalue weighted by Gasteiger charge is -2.35. The van der Waals surface area contributed by atoms with E-state index in [9.17, 15) is 9.59 Å². The Balaban J connectivity index is 1.48. The van der Waals surface area contributed by atoms with E-state index >= 15 is 0 Å². The number of anilines is 2. The van der Waals surface area contributed by atoms with Crippen LogP contribution in [-0.2, 0) is 4.79 Å². The van der Waals surface area contributed by atoms with Crippen LogP contribution in [0.4, 0.5) is 11.4 Å². The molecule has 160 valence electrons. The van der Waals surface area contributed by atoms with Gasteiger partial charge >= 0.3 is 0 Å². The number of rotatable bonds is 7. The van der Waals surface area contributed by atoms with Crippen LogP contribution in [-0.4, -0.2) is 56.0 Å². The minimum absolute atomic E-state index is 0.104. The number of amides is 2. The van der Waals surface area contributed by atoms with Crippen molar-refractivity contribution in [2.24, 2.45) is 0 Å². The molecule has 1 saturated heterocycles. The Morgan fingerprint density at radius 1 is 0.967 bits per heavy atom. The van der Waals surface area contributed by atoms with E-state index in [2.05, 4.69) is 39.5 Å². The van der Waals surface area contributed by atoms with Crippen molar-refractivity contribution in [2.45, 2.75) is 27.2 Å². The molecule has 2 aromatic rings. The molecular weight excluding hydrogens is 376 g/mol. The summed E-state index contributed by atoms with van der Waals surface area (Å²) >= 11 is 0. The normalized spacial score (nSPS) is 14.4. The smallest absolute Gasteiger partial charge is 0.251 e. The average molecular weight is 409 g/mol. The number of hydrogen-bond acceptors (Lipinski definition) is 4. The molecule has 1 heterocycles. The van der Waals surface area contributed by atoms with Gasteiger partial charge in [0.05, 0.1) is 0 Å². The van der Waals surface area contributed by atoms with Gasteiger partial charge in [0.2, 0.25) is 5.91 Å². The van der Waals surface area contributed by atoms with Gasteiger partial charge in [-0.1, -0.05) is 25.1 Å². The molecule has 2 aromatic carbocycles. The third-order valence-electron chi connectivity index (χ3n) is 5.70. The van der Waals surface area contributed by atoms with Gasteiger partial charge in [-0.05, 0) is 55.8 Å². The molecule has 6 nitrogen and oxygen atoms in total. The van der Waals surface area contributed by atoms with Crippen LogP contribution < -0.4 is 15.5 Å². The molecule has 0 aromatic heterocycles. The first-order valence-electron chi connectivity index (χ1n) is 10.7. The van der Waals surface area contributed by atoms with Crippen LogP contribution in [0, 0.1) is 13.8 Å². The van der Waals surface area contributed by atoms with Crippen LogP contribution in [0.2, 0.25) is 0 Å². The Labute approximate surface area is 179 Å². The third-order valence-corrected chi connectivity index (χ3v) is 5.70. The quantitative estimate of drug-likeness (QED) is 0.738. The summed E-state index contributed by atoms with van der Waals surface area (Å²) in [5, 5.41) is 5.79. The maximum atomic E-state index is 12.3. The number of hydrogen-bond donors (Lipinski definition) is 2. The Morgan fingerprint density at radius 3 is 2.37 bits per heavy atom. The van der Waals surface area contributed by atoms with Crippen molar-refractivity contribution >= 4 is 23.2 Å². The molecule has 0 bridgehead atoms. The number of nitrogens with zero attached hydrogens (tertiary/aromatic N) is 2. The van der Waals surface area contributed by atoms with Crippen molar-refractivity contribution in [2.75, 3.05) is 49.5 Å². The minimum Gasteiger partial charge on any atom is -0.369 e. The summed E-state index contributed by atoms with van der Waals surface area (Å²) in [4.78, 5) is 29.4. The monoisotopic (exact) mass is 408 g/mol. The second-order valence-electron chi connectivity index (χ2n) is 7.79. The Morgan fingerprint density at radius 2 is 1.70 bits per heavy atom. The molecule has 3 rings (SSSR count). The van der Waals surface area contributed by atoms with Crippen LogP contribution in [0.15, 0.2) is 42.5 Å². The fraction of sp³-hybridized carbons (Fsp3) is 0.417. The Kier molecular flexibility index (Phi) is 7.46. The van der Waals surface area contributed by atoms with E-state index in [-0.39, 0.29) is 18.2 Å². The van der Waals surface area contributed by atoms with E-state index in [1.54, 1.807) is 6.07 Å². The second kappa shape index (κ2) is 10.3. The summed E-state index contributed by atoms with van der Waals surface area (Å²) in [6, 6.07) is 13.6. The van der Waals surface area contributed by atoms with Gasteiger partial charge in [0.1, 0.15) is 0 Å². The standard InChI is InChI=1S/C24H32N4O2/c1-4-27-13-15-28(16-14-27)20-9-10-22(19(3)17-20)26-23(29)11-12-25-24(30)21-8-6-5-7-18(21)2/h5-10,17H,4,11-16H2,1-3H3,(H,25,30)(H,26,29). The number of carbonyl (C=O) groups excluding carboxylic acids is 2. The topological polar surface area (TPSA) is 64.7 Å². The van der Waals surface area contributed by atoms with Crippen LogP contribution in [0.25, 0.3) is 0 Å².